The highest BCUT2D eigenvalue weighted by atomic mass is 32.1. The van der Waals surface area contributed by atoms with E-state index in [9.17, 15) is 5.11 Å². The predicted octanol–water partition coefficient (Wildman–Crippen LogP) is 2.69. The van der Waals surface area contributed by atoms with Gasteiger partial charge in [-0.1, -0.05) is 20.8 Å². The van der Waals surface area contributed by atoms with Crippen molar-refractivity contribution in [1.29, 1.82) is 0 Å². The average Bonchev–Trinajstić information content (AvgIpc) is 2.87. The summed E-state index contributed by atoms with van der Waals surface area (Å²) in [4.78, 5) is 5.79. The number of nitrogens with one attached hydrogen (secondary N) is 1. The number of rotatable bonds is 4. The highest BCUT2D eigenvalue weighted by Crippen LogP contribution is 2.27. The third kappa shape index (κ3) is 3.77. The maximum absolute atomic E-state index is 9.47. The molecule has 2 unspecified atom stereocenters. The minimum Gasteiger partial charge on any atom is -0.393 e. The summed E-state index contributed by atoms with van der Waals surface area (Å²) in [5.41, 5.74) is 0.151. The summed E-state index contributed by atoms with van der Waals surface area (Å²) >= 11 is 1.80. The summed E-state index contributed by atoms with van der Waals surface area (Å²) in [6.45, 7) is 8.51. The second kappa shape index (κ2) is 5.68. The Kier molecular flexibility index (Phi) is 4.41. The molecule has 0 saturated heterocycles. The van der Waals surface area contributed by atoms with E-state index in [1.165, 1.54) is 9.88 Å². The Hall–Kier alpha value is -0.450. The molecule has 0 amide bonds. The van der Waals surface area contributed by atoms with E-state index in [2.05, 4.69) is 31.1 Å². The maximum atomic E-state index is 9.47. The van der Waals surface area contributed by atoms with Crippen LogP contribution in [0.1, 0.15) is 49.9 Å². The Labute approximate surface area is 114 Å². The van der Waals surface area contributed by atoms with Crippen molar-refractivity contribution >= 4 is 11.3 Å². The second-order valence-electron chi connectivity index (χ2n) is 6.35. The van der Waals surface area contributed by atoms with Gasteiger partial charge in [0, 0.05) is 23.0 Å². The molecule has 1 aliphatic carbocycles. The van der Waals surface area contributed by atoms with E-state index in [1.54, 1.807) is 11.3 Å². The van der Waals surface area contributed by atoms with E-state index < -0.39 is 0 Å². The van der Waals surface area contributed by atoms with Crippen LogP contribution >= 0.6 is 11.3 Å². The smallest absolute Gasteiger partial charge is 0.0981 e. The van der Waals surface area contributed by atoms with Crippen LogP contribution in [0.2, 0.25) is 0 Å². The van der Waals surface area contributed by atoms with Gasteiger partial charge in [-0.05, 0) is 31.7 Å². The number of aliphatic hydroxyl groups excluding tert-OH is 1. The van der Waals surface area contributed by atoms with Crippen molar-refractivity contribution in [1.82, 2.24) is 10.3 Å². The quantitative estimate of drug-likeness (QED) is 0.882. The van der Waals surface area contributed by atoms with Crippen molar-refractivity contribution in [3.8, 4) is 0 Å². The van der Waals surface area contributed by atoms with Gasteiger partial charge in [-0.3, -0.25) is 0 Å². The molecular formula is C14H24N2OS. The summed E-state index contributed by atoms with van der Waals surface area (Å²) in [6, 6.07) is 0. The van der Waals surface area contributed by atoms with Gasteiger partial charge in [0.2, 0.25) is 0 Å². The van der Waals surface area contributed by atoms with Crippen LogP contribution in [0, 0.1) is 5.92 Å². The summed E-state index contributed by atoms with van der Waals surface area (Å²) in [7, 11) is 0. The molecule has 1 heterocycles. The molecule has 1 aliphatic rings. The molecule has 102 valence electrons. The summed E-state index contributed by atoms with van der Waals surface area (Å²) in [5, 5.41) is 14.2. The molecule has 2 rings (SSSR count). The molecule has 0 aromatic carbocycles. The molecule has 1 aromatic heterocycles. The molecule has 2 N–H and O–H groups in total. The Balaban J connectivity index is 1.75. The molecule has 0 spiro atoms. The van der Waals surface area contributed by atoms with E-state index in [0.717, 1.165) is 32.4 Å². The fraction of sp³-hybridized carbons (Fsp3) is 0.786. The molecule has 1 aromatic rings. The summed E-state index contributed by atoms with van der Waals surface area (Å²) in [5.74, 6) is 0.648. The molecule has 0 bridgehead atoms. The van der Waals surface area contributed by atoms with Crippen LogP contribution in [0.5, 0.6) is 0 Å². The Morgan fingerprint density at radius 2 is 2.22 bits per heavy atom. The van der Waals surface area contributed by atoms with E-state index in [0.29, 0.717) is 5.92 Å². The largest absolute Gasteiger partial charge is 0.393 e. The van der Waals surface area contributed by atoms with Gasteiger partial charge >= 0.3 is 0 Å². The number of thiazole rings is 1. The Bertz CT molecular complexity index is 383. The molecule has 0 radical (unpaired) electrons. The Morgan fingerprint density at radius 3 is 2.78 bits per heavy atom. The lowest BCUT2D eigenvalue weighted by atomic mass is 9.98. The van der Waals surface area contributed by atoms with Crippen LogP contribution in [0.3, 0.4) is 0 Å². The van der Waals surface area contributed by atoms with Crippen LogP contribution in [-0.2, 0) is 12.0 Å². The van der Waals surface area contributed by atoms with Crippen molar-refractivity contribution in [3.63, 3.8) is 0 Å². The van der Waals surface area contributed by atoms with Crippen LogP contribution in [0.15, 0.2) is 6.20 Å². The predicted molar refractivity (Wildman–Crippen MR) is 75.9 cm³/mol. The fourth-order valence-electron chi connectivity index (χ4n) is 2.37. The lowest BCUT2D eigenvalue weighted by Crippen LogP contribution is -2.20. The first kappa shape index (κ1) is 14.0. The van der Waals surface area contributed by atoms with Gasteiger partial charge < -0.3 is 10.4 Å². The van der Waals surface area contributed by atoms with Crippen LogP contribution in [0.25, 0.3) is 0 Å². The number of aromatic nitrogens is 1. The first-order chi connectivity index (χ1) is 8.45. The van der Waals surface area contributed by atoms with Crippen LogP contribution in [0.4, 0.5) is 0 Å². The highest BCUT2D eigenvalue weighted by molar-refractivity contribution is 7.11. The monoisotopic (exact) mass is 268 g/mol. The average molecular weight is 268 g/mol. The lowest BCUT2D eigenvalue weighted by molar-refractivity contribution is 0.177. The lowest BCUT2D eigenvalue weighted by Gasteiger charge is -2.13. The SMILES string of the molecule is CC(C)(C)c1ncc(CNCC2CCC(O)C2)s1. The topological polar surface area (TPSA) is 45.2 Å². The molecule has 1 saturated carbocycles. The highest BCUT2D eigenvalue weighted by Gasteiger charge is 2.22. The Morgan fingerprint density at radius 1 is 1.44 bits per heavy atom. The van der Waals surface area contributed by atoms with Gasteiger partial charge in [0.15, 0.2) is 0 Å². The molecule has 18 heavy (non-hydrogen) atoms. The van der Waals surface area contributed by atoms with Crippen molar-refractivity contribution in [2.45, 2.75) is 58.1 Å². The number of hydrogen-bond donors (Lipinski definition) is 2. The second-order valence-corrected chi connectivity index (χ2v) is 7.46. The van der Waals surface area contributed by atoms with Gasteiger partial charge in [-0.15, -0.1) is 11.3 Å². The number of hydrogen-bond acceptors (Lipinski definition) is 4. The standard InChI is InChI=1S/C14H24N2OS/c1-14(2,3)13-16-9-12(18-13)8-15-7-10-4-5-11(17)6-10/h9-11,15,17H,4-8H2,1-3H3. The van der Waals surface area contributed by atoms with Gasteiger partial charge in [0.05, 0.1) is 11.1 Å². The molecular weight excluding hydrogens is 244 g/mol. The zero-order valence-electron chi connectivity index (χ0n) is 11.6. The first-order valence-corrected chi connectivity index (χ1v) is 7.61. The minimum absolute atomic E-state index is 0.0623. The van der Waals surface area contributed by atoms with Gasteiger partial charge in [-0.25, -0.2) is 4.98 Å². The number of nitrogens with zero attached hydrogens (tertiary/aromatic N) is 1. The minimum atomic E-state index is -0.0623. The summed E-state index contributed by atoms with van der Waals surface area (Å²) in [6.07, 6.45) is 5.02. The first-order valence-electron chi connectivity index (χ1n) is 6.79. The molecule has 0 aliphatic heterocycles. The molecule has 3 nitrogen and oxygen atoms in total. The van der Waals surface area contributed by atoms with E-state index >= 15 is 0 Å². The molecule has 2 atom stereocenters. The van der Waals surface area contributed by atoms with Gasteiger partial charge in [-0.2, -0.15) is 0 Å². The van der Waals surface area contributed by atoms with Crippen molar-refractivity contribution < 1.29 is 5.11 Å². The van der Waals surface area contributed by atoms with Crippen LogP contribution < -0.4 is 5.32 Å². The van der Waals surface area contributed by atoms with Crippen molar-refractivity contribution in [2.75, 3.05) is 6.54 Å². The number of aliphatic hydroxyl groups is 1. The third-order valence-electron chi connectivity index (χ3n) is 3.44. The maximum Gasteiger partial charge on any atom is 0.0981 e. The third-order valence-corrected chi connectivity index (χ3v) is 4.86. The van der Waals surface area contributed by atoms with Gasteiger partial charge in [0.25, 0.3) is 0 Å². The molecule has 4 heteroatoms. The zero-order valence-corrected chi connectivity index (χ0v) is 12.4. The van der Waals surface area contributed by atoms with Gasteiger partial charge in [0.1, 0.15) is 0 Å². The normalized spacial score (nSPS) is 24.7. The van der Waals surface area contributed by atoms with E-state index in [4.69, 9.17) is 0 Å². The summed E-state index contributed by atoms with van der Waals surface area (Å²) < 4.78 is 0. The van der Waals surface area contributed by atoms with E-state index in [-0.39, 0.29) is 11.5 Å². The fourth-order valence-corrected chi connectivity index (χ4v) is 3.31. The van der Waals surface area contributed by atoms with Crippen LogP contribution in [-0.4, -0.2) is 22.7 Å². The van der Waals surface area contributed by atoms with Crippen molar-refractivity contribution in [2.24, 2.45) is 5.92 Å². The van der Waals surface area contributed by atoms with Crippen molar-refractivity contribution in [3.05, 3.63) is 16.1 Å². The molecule has 1 fully saturated rings. The van der Waals surface area contributed by atoms with E-state index in [1.807, 2.05) is 6.20 Å². The zero-order chi connectivity index (χ0) is 13.2.